The van der Waals surface area contributed by atoms with Crippen molar-refractivity contribution in [1.29, 1.82) is 0 Å². The number of anilines is 2. The first-order valence-electron chi connectivity index (χ1n) is 6.44. The quantitative estimate of drug-likeness (QED) is 0.341. The number of carbonyl (C=O) groups excluding carboxylic acids is 1. The van der Waals surface area contributed by atoms with E-state index in [4.69, 9.17) is 47.0 Å². The third-order valence-electron chi connectivity index (χ3n) is 2.87. The highest BCUT2D eigenvalue weighted by atomic mass is 35.5. The van der Waals surface area contributed by atoms with Crippen LogP contribution in [-0.4, -0.2) is 11.5 Å². The monoisotopic (exact) mass is 387 g/mol. The van der Waals surface area contributed by atoms with E-state index in [2.05, 4.69) is 10.7 Å². The van der Waals surface area contributed by atoms with E-state index in [0.29, 0.717) is 32.9 Å². The van der Waals surface area contributed by atoms with Crippen molar-refractivity contribution in [3.8, 4) is 0 Å². The first kappa shape index (κ1) is 17.8. The molecular weight excluding hydrogens is 377 g/mol. The molecule has 0 heterocycles. The summed E-state index contributed by atoms with van der Waals surface area (Å²) in [6.07, 6.45) is 0.624. The molecule has 0 unspecified atom stereocenters. The average molecular weight is 389 g/mol. The molecular formula is C15H12Cl3N3OS. The number of rotatable bonds is 4. The van der Waals surface area contributed by atoms with Crippen LogP contribution in [0.3, 0.4) is 0 Å². The van der Waals surface area contributed by atoms with Gasteiger partial charge in [-0.15, -0.1) is 0 Å². The molecule has 2 rings (SSSR count). The predicted molar refractivity (Wildman–Crippen MR) is 101 cm³/mol. The number of hydrogen-bond donors (Lipinski definition) is 2. The standard InChI is InChI=1S/C15H12Cl3N3OS/c1-9-3-2-4-10(5-9)21(8-22)20-15(23)19-14-7-12(17)11(16)6-13(14)18/h2-8H,1H3,(H2,19,20,23). The highest BCUT2D eigenvalue weighted by Gasteiger charge is 2.10. The topological polar surface area (TPSA) is 44.4 Å². The molecule has 0 atom stereocenters. The normalized spacial score (nSPS) is 10.1. The Bertz CT molecular complexity index is 755. The summed E-state index contributed by atoms with van der Waals surface area (Å²) in [6, 6.07) is 10.5. The number of hydrogen-bond acceptors (Lipinski definition) is 2. The summed E-state index contributed by atoms with van der Waals surface area (Å²) in [7, 11) is 0. The van der Waals surface area contributed by atoms with Crippen molar-refractivity contribution in [2.24, 2.45) is 0 Å². The van der Waals surface area contributed by atoms with Crippen LogP contribution in [0.15, 0.2) is 36.4 Å². The molecule has 1 amide bonds. The number of carbonyl (C=O) groups is 1. The van der Waals surface area contributed by atoms with Crippen LogP contribution in [0.25, 0.3) is 0 Å². The molecule has 0 aliphatic carbocycles. The second-order valence-electron chi connectivity index (χ2n) is 4.63. The Labute approximate surface area is 154 Å². The highest BCUT2D eigenvalue weighted by molar-refractivity contribution is 7.80. The van der Waals surface area contributed by atoms with Crippen LogP contribution in [-0.2, 0) is 4.79 Å². The van der Waals surface area contributed by atoms with Crippen LogP contribution < -0.4 is 15.8 Å². The summed E-state index contributed by atoms with van der Waals surface area (Å²) < 4.78 is 0. The Morgan fingerprint density at radius 2 is 1.83 bits per heavy atom. The van der Waals surface area contributed by atoms with E-state index in [0.717, 1.165) is 5.56 Å². The number of benzene rings is 2. The molecule has 0 bridgehead atoms. The molecule has 0 saturated heterocycles. The fraction of sp³-hybridized carbons (Fsp3) is 0.0667. The fourth-order valence-corrected chi connectivity index (χ4v) is 2.61. The summed E-state index contributed by atoms with van der Waals surface area (Å²) in [6.45, 7) is 1.93. The van der Waals surface area contributed by atoms with E-state index < -0.39 is 0 Å². The van der Waals surface area contributed by atoms with E-state index in [9.17, 15) is 4.79 Å². The zero-order chi connectivity index (χ0) is 17.0. The Morgan fingerprint density at radius 3 is 2.48 bits per heavy atom. The van der Waals surface area contributed by atoms with Gasteiger partial charge in [0.1, 0.15) is 0 Å². The molecule has 120 valence electrons. The summed E-state index contributed by atoms with van der Waals surface area (Å²) in [4.78, 5) is 11.3. The smallest absolute Gasteiger partial charge is 0.232 e. The summed E-state index contributed by atoms with van der Waals surface area (Å²) >= 11 is 23.1. The zero-order valence-corrected chi connectivity index (χ0v) is 15.0. The van der Waals surface area contributed by atoms with Gasteiger partial charge in [-0.25, -0.2) is 5.01 Å². The molecule has 0 aliphatic rings. The van der Waals surface area contributed by atoms with Crippen molar-refractivity contribution < 1.29 is 4.79 Å². The third-order valence-corrected chi connectivity index (χ3v) is 4.09. The lowest BCUT2D eigenvalue weighted by atomic mass is 10.2. The summed E-state index contributed by atoms with van der Waals surface area (Å²) in [5.41, 5.74) is 4.92. The molecule has 0 aromatic heterocycles. The van der Waals surface area contributed by atoms with Crippen LogP contribution in [0, 0.1) is 6.92 Å². The second-order valence-corrected chi connectivity index (χ2v) is 6.26. The van der Waals surface area contributed by atoms with Gasteiger partial charge < -0.3 is 5.32 Å². The van der Waals surface area contributed by atoms with Gasteiger partial charge in [-0.1, -0.05) is 46.9 Å². The molecule has 2 aromatic carbocycles. The molecule has 4 nitrogen and oxygen atoms in total. The van der Waals surface area contributed by atoms with E-state index in [-0.39, 0.29) is 5.11 Å². The number of halogens is 3. The van der Waals surface area contributed by atoms with Gasteiger partial charge in [-0.2, -0.15) is 0 Å². The molecule has 0 saturated carbocycles. The van der Waals surface area contributed by atoms with Gasteiger partial charge in [0, 0.05) is 0 Å². The number of amides is 1. The maximum absolute atomic E-state index is 11.3. The SMILES string of the molecule is Cc1cccc(N(C=O)NC(=S)Nc2cc(Cl)c(Cl)cc2Cl)c1. The number of hydrazine groups is 1. The van der Waals surface area contributed by atoms with Gasteiger partial charge in [0.05, 0.1) is 26.4 Å². The summed E-state index contributed by atoms with van der Waals surface area (Å²) in [5, 5.41) is 5.35. The largest absolute Gasteiger partial charge is 0.330 e. The van der Waals surface area contributed by atoms with Gasteiger partial charge >= 0.3 is 0 Å². The summed E-state index contributed by atoms with van der Waals surface area (Å²) in [5.74, 6) is 0. The minimum Gasteiger partial charge on any atom is -0.330 e. The lowest BCUT2D eigenvalue weighted by Crippen LogP contribution is -2.43. The van der Waals surface area contributed by atoms with Crippen LogP contribution in [0.5, 0.6) is 0 Å². The van der Waals surface area contributed by atoms with E-state index >= 15 is 0 Å². The zero-order valence-electron chi connectivity index (χ0n) is 11.9. The van der Waals surface area contributed by atoms with E-state index in [1.165, 1.54) is 11.1 Å². The number of thiocarbonyl (C=S) groups is 1. The van der Waals surface area contributed by atoms with Crippen molar-refractivity contribution in [2.45, 2.75) is 6.92 Å². The lowest BCUT2D eigenvalue weighted by molar-refractivity contribution is -0.107. The maximum Gasteiger partial charge on any atom is 0.232 e. The second kappa shape index (κ2) is 7.84. The Hall–Kier alpha value is -1.53. The average Bonchev–Trinajstić information content (AvgIpc) is 2.50. The molecule has 0 aliphatic heterocycles. The van der Waals surface area contributed by atoms with Gasteiger partial charge in [0.15, 0.2) is 5.11 Å². The van der Waals surface area contributed by atoms with E-state index in [1.54, 1.807) is 12.1 Å². The first-order valence-corrected chi connectivity index (χ1v) is 7.98. The van der Waals surface area contributed by atoms with Gasteiger partial charge in [-0.3, -0.25) is 10.2 Å². The number of nitrogens with zero attached hydrogens (tertiary/aromatic N) is 1. The fourth-order valence-electron chi connectivity index (χ4n) is 1.81. The van der Waals surface area contributed by atoms with Crippen LogP contribution in [0.2, 0.25) is 15.1 Å². The van der Waals surface area contributed by atoms with Gasteiger partial charge in [0.25, 0.3) is 0 Å². The molecule has 8 heteroatoms. The first-order chi connectivity index (χ1) is 10.9. The van der Waals surface area contributed by atoms with Gasteiger partial charge in [-0.05, 0) is 49.0 Å². The van der Waals surface area contributed by atoms with Crippen molar-refractivity contribution in [2.75, 3.05) is 10.3 Å². The van der Waals surface area contributed by atoms with Crippen molar-refractivity contribution in [3.05, 3.63) is 57.0 Å². The Morgan fingerprint density at radius 1 is 1.13 bits per heavy atom. The molecule has 23 heavy (non-hydrogen) atoms. The molecule has 0 spiro atoms. The predicted octanol–water partition coefficient (Wildman–Crippen LogP) is 4.82. The third kappa shape index (κ3) is 4.72. The minimum atomic E-state index is 0.180. The van der Waals surface area contributed by atoms with Crippen molar-refractivity contribution in [3.63, 3.8) is 0 Å². The van der Waals surface area contributed by atoms with Crippen molar-refractivity contribution >= 4 is 69.9 Å². The Kier molecular flexibility index (Phi) is 6.07. The Balaban J connectivity index is 2.12. The van der Waals surface area contributed by atoms with Crippen LogP contribution in [0.1, 0.15) is 5.56 Å². The number of aryl methyl sites for hydroxylation is 1. The lowest BCUT2D eigenvalue weighted by Gasteiger charge is -2.21. The van der Waals surface area contributed by atoms with Gasteiger partial charge in [0.2, 0.25) is 6.41 Å². The maximum atomic E-state index is 11.3. The van der Waals surface area contributed by atoms with Crippen LogP contribution in [0.4, 0.5) is 11.4 Å². The molecule has 0 fully saturated rings. The highest BCUT2D eigenvalue weighted by Crippen LogP contribution is 2.32. The minimum absolute atomic E-state index is 0.180. The van der Waals surface area contributed by atoms with E-state index in [1.807, 2.05) is 25.1 Å². The van der Waals surface area contributed by atoms with Crippen molar-refractivity contribution in [1.82, 2.24) is 5.43 Å². The number of nitrogens with one attached hydrogen (secondary N) is 2. The molecule has 2 aromatic rings. The molecule has 2 N–H and O–H groups in total. The molecule has 0 radical (unpaired) electrons. The van der Waals surface area contributed by atoms with Crippen LogP contribution >= 0.6 is 47.0 Å².